The molecule has 134 valence electrons. The number of aromatic amines is 1. The van der Waals surface area contributed by atoms with E-state index in [1.807, 2.05) is 24.3 Å². The average Bonchev–Trinajstić information content (AvgIpc) is 3.28. The van der Waals surface area contributed by atoms with E-state index >= 15 is 0 Å². The number of hydrogen-bond donors (Lipinski definition) is 1. The second-order valence-corrected chi connectivity index (χ2v) is 8.26. The van der Waals surface area contributed by atoms with E-state index < -0.39 is 0 Å². The molecule has 0 radical (unpaired) electrons. The SMILES string of the molecule is Clc1ccccc1Oc1cc2c3ccccc3[nH]c2c2c1sc1ccccc12. The van der Waals surface area contributed by atoms with Gasteiger partial charge < -0.3 is 9.72 Å². The first kappa shape index (κ1) is 16.0. The van der Waals surface area contributed by atoms with Gasteiger partial charge >= 0.3 is 0 Å². The minimum atomic E-state index is 0.607. The molecule has 0 aliphatic rings. The Morgan fingerprint density at radius 1 is 0.750 bits per heavy atom. The summed E-state index contributed by atoms with van der Waals surface area (Å²) < 4.78 is 8.71. The number of fused-ring (bicyclic) bond motifs is 7. The van der Waals surface area contributed by atoms with Gasteiger partial charge in [0.25, 0.3) is 0 Å². The van der Waals surface area contributed by atoms with Gasteiger partial charge in [0, 0.05) is 31.8 Å². The zero-order valence-corrected chi connectivity index (χ0v) is 16.3. The molecule has 0 amide bonds. The summed E-state index contributed by atoms with van der Waals surface area (Å²) in [7, 11) is 0. The van der Waals surface area contributed by atoms with E-state index in [2.05, 4.69) is 59.6 Å². The Hall–Kier alpha value is -3.01. The fraction of sp³-hybridized carbons (Fsp3) is 0. The maximum absolute atomic E-state index is 6.37. The second kappa shape index (κ2) is 5.99. The highest BCUT2D eigenvalue weighted by molar-refractivity contribution is 7.26. The van der Waals surface area contributed by atoms with E-state index in [4.69, 9.17) is 16.3 Å². The molecule has 1 N–H and O–H groups in total. The molecule has 0 fully saturated rings. The molecule has 2 heterocycles. The number of rotatable bonds is 2. The molecule has 0 unspecified atom stereocenters. The first-order valence-electron chi connectivity index (χ1n) is 9.06. The highest BCUT2D eigenvalue weighted by atomic mass is 35.5. The van der Waals surface area contributed by atoms with Crippen LogP contribution >= 0.6 is 22.9 Å². The van der Waals surface area contributed by atoms with Gasteiger partial charge in [-0.2, -0.15) is 0 Å². The number of nitrogens with one attached hydrogen (secondary N) is 1. The van der Waals surface area contributed by atoms with Crippen molar-refractivity contribution in [3.05, 3.63) is 83.9 Å². The lowest BCUT2D eigenvalue weighted by Gasteiger charge is -2.09. The smallest absolute Gasteiger partial charge is 0.146 e. The third-order valence-electron chi connectivity index (χ3n) is 5.15. The van der Waals surface area contributed by atoms with Gasteiger partial charge in [-0.25, -0.2) is 0 Å². The van der Waals surface area contributed by atoms with Gasteiger partial charge in [-0.05, 0) is 30.3 Å². The van der Waals surface area contributed by atoms with Crippen LogP contribution in [0.5, 0.6) is 11.5 Å². The Kier molecular flexibility index (Phi) is 3.42. The highest BCUT2D eigenvalue weighted by Crippen LogP contribution is 2.46. The first-order chi connectivity index (χ1) is 13.8. The van der Waals surface area contributed by atoms with E-state index in [1.54, 1.807) is 11.3 Å². The van der Waals surface area contributed by atoms with Gasteiger partial charge in [-0.1, -0.05) is 60.1 Å². The van der Waals surface area contributed by atoms with E-state index in [1.165, 1.54) is 20.9 Å². The van der Waals surface area contributed by atoms with Crippen molar-refractivity contribution in [3.8, 4) is 11.5 Å². The van der Waals surface area contributed by atoms with Gasteiger partial charge in [0.15, 0.2) is 0 Å². The van der Waals surface area contributed by atoms with Crippen molar-refractivity contribution in [3.63, 3.8) is 0 Å². The normalized spacial score (nSPS) is 11.8. The fourth-order valence-electron chi connectivity index (χ4n) is 3.90. The fourth-order valence-corrected chi connectivity index (χ4v) is 5.23. The number of ether oxygens (including phenoxy) is 1. The topological polar surface area (TPSA) is 25.0 Å². The molecule has 2 nitrogen and oxygen atoms in total. The maximum Gasteiger partial charge on any atom is 0.146 e. The van der Waals surface area contributed by atoms with Crippen molar-refractivity contribution >= 4 is 64.9 Å². The number of halogens is 1. The first-order valence-corrected chi connectivity index (χ1v) is 10.3. The van der Waals surface area contributed by atoms with Gasteiger partial charge in [0.2, 0.25) is 0 Å². The number of benzene rings is 4. The Labute approximate surface area is 169 Å². The van der Waals surface area contributed by atoms with Crippen LogP contribution in [0, 0.1) is 0 Å². The molecule has 6 rings (SSSR count). The number of aromatic nitrogens is 1. The molecule has 28 heavy (non-hydrogen) atoms. The third kappa shape index (κ3) is 2.27. The Morgan fingerprint density at radius 3 is 2.39 bits per heavy atom. The van der Waals surface area contributed by atoms with E-state index in [9.17, 15) is 0 Å². The summed E-state index contributed by atoms with van der Waals surface area (Å²) in [6.45, 7) is 0. The maximum atomic E-state index is 6.37. The molecule has 0 atom stereocenters. The minimum absolute atomic E-state index is 0.607. The van der Waals surface area contributed by atoms with Gasteiger partial charge in [-0.15, -0.1) is 11.3 Å². The zero-order valence-electron chi connectivity index (χ0n) is 14.7. The lowest BCUT2D eigenvalue weighted by molar-refractivity contribution is 0.490. The van der Waals surface area contributed by atoms with Gasteiger partial charge in [0.05, 0.1) is 15.2 Å². The van der Waals surface area contributed by atoms with Gasteiger partial charge in [-0.3, -0.25) is 0 Å². The molecule has 0 saturated heterocycles. The third-order valence-corrected chi connectivity index (χ3v) is 6.65. The van der Waals surface area contributed by atoms with Crippen molar-refractivity contribution in [1.82, 2.24) is 4.98 Å². The molecule has 6 aromatic rings. The van der Waals surface area contributed by atoms with Crippen LogP contribution in [0.15, 0.2) is 78.9 Å². The number of hydrogen-bond acceptors (Lipinski definition) is 2. The number of thiophene rings is 1. The van der Waals surface area contributed by atoms with Crippen LogP contribution in [-0.2, 0) is 0 Å². The van der Waals surface area contributed by atoms with Crippen molar-refractivity contribution < 1.29 is 4.74 Å². The van der Waals surface area contributed by atoms with Crippen LogP contribution in [0.2, 0.25) is 5.02 Å². The molecule has 0 saturated carbocycles. The van der Waals surface area contributed by atoms with E-state index in [-0.39, 0.29) is 0 Å². The lowest BCUT2D eigenvalue weighted by Crippen LogP contribution is -1.86. The number of H-pyrrole nitrogens is 1. The molecule has 0 aliphatic heterocycles. The predicted molar refractivity (Wildman–Crippen MR) is 120 cm³/mol. The predicted octanol–water partition coefficient (Wildman–Crippen LogP) is 8.13. The molecule has 0 spiro atoms. The largest absolute Gasteiger partial charge is 0.454 e. The Bertz CT molecular complexity index is 1510. The van der Waals surface area contributed by atoms with E-state index in [0.717, 1.165) is 26.9 Å². The second-order valence-electron chi connectivity index (χ2n) is 6.80. The number of para-hydroxylation sites is 2. The summed E-state index contributed by atoms with van der Waals surface area (Å²) in [5.74, 6) is 1.50. The van der Waals surface area contributed by atoms with Crippen LogP contribution in [0.1, 0.15) is 0 Å². The summed E-state index contributed by atoms with van der Waals surface area (Å²) in [6.07, 6.45) is 0. The summed E-state index contributed by atoms with van der Waals surface area (Å²) in [5, 5.41) is 5.41. The molecular formula is C24H14ClNOS. The molecule has 2 aromatic heterocycles. The average molecular weight is 400 g/mol. The monoisotopic (exact) mass is 399 g/mol. The van der Waals surface area contributed by atoms with Crippen molar-refractivity contribution in [2.45, 2.75) is 0 Å². The Morgan fingerprint density at radius 2 is 1.50 bits per heavy atom. The molecular weight excluding hydrogens is 386 g/mol. The summed E-state index contributed by atoms with van der Waals surface area (Å²) in [6, 6.07) is 26.6. The van der Waals surface area contributed by atoms with Crippen LogP contribution < -0.4 is 4.74 Å². The van der Waals surface area contributed by atoms with Crippen LogP contribution in [0.4, 0.5) is 0 Å². The van der Waals surface area contributed by atoms with E-state index in [0.29, 0.717) is 10.8 Å². The van der Waals surface area contributed by atoms with Crippen molar-refractivity contribution in [2.75, 3.05) is 0 Å². The van der Waals surface area contributed by atoms with Gasteiger partial charge in [0.1, 0.15) is 11.5 Å². The zero-order chi connectivity index (χ0) is 18.7. The standard InChI is InChI=1S/C24H14ClNOS/c25-17-9-3-5-11-19(17)27-20-13-16-14-7-1-4-10-18(14)26-23(16)22-15-8-2-6-12-21(15)28-24(20)22/h1-13,26H. The Balaban J connectivity index is 1.77. The highest BCUT2D eigenvalue weighted by Gasteiger charge is 2.18. The van der Waals surface area contributed by atoms with Crippen LogP contribution in [0.25, 0.3) is 42.0 Å². The van der Waals surface area contributed by atoms with Crippen LogP contribution in [0.3, 0.4) is 0 Å². The lowest BCUT2D eigenvalue weighted by atomic mass is 10.1. The summed E-state index contributed by atoms with van der Waals surface area (Å²) in [5.41, 5.74) is 2.28. The summed E-state index contributed by atoms with van der Waals surface area (Å²) >= 11 is 8.12. The van der Waals surface area contributed by atoms with Crippen molar-refractivity contribution in [1.29, 1.82) is 0 Å². The van der Waals surface area contributed by atoms with Crippen molar-refractivity contribution in [2.24, 2.45) is 0 Å². The minimum Gasteiger partial charge on any atom is -0.454 e. The van der Waals surface area contributed by atoms with Crippen LogP contribution in [-0.4, -0.2) is 4.98 Å². The summed E-state index contributed by atoms with van der Waals surface area (Å²) in [4.78, 5) is 3.63. The molecule has 0 bridgehead atoms. The molecule has 4 aromatic carbocycles. The quantitative estimate of drug-likeness (QED) is 0.312. The molecule has 0 aliphatic carbocycles. The molecule has 4 heteroatoms.